The Bertz CT molecular complexity index is 1290. The van der Waals surface area contributed by atoms with Gasteiger partial charge in [0.05, 0.1) is 11.6 Å². The number of primary amides is 1. The van der Waals surface area contributed by atoms with Crippen LogP contribution in [0.25, 0.3) is 33.5 Å². The maximum atomic E-state index is 12.1. The number of carbonyl (C=O) groups excluding carboxylic acids is 1. The molecule has 1 saturated carbocycles. The second kappa shape index (κ2) is 7.02. The van der Waals surface area contributed by atoms with Gasteiger partial charge in [0.25, 0.3) is 0 Å². The molecule has 156 valence electrons. The molecule has 1 aliphatic heterocycles. The van der Waals surface area contributed by atoms with Crippen molar-refractivity contribution in [3.05, 3.63) is 53.3 Å². The second-order valence-corrected chi connectivity index (χ2v) is 8.43. The zero-order chi connectivity index (χ0) is 20.9. The van der Waals surface area contributed by atoms with Gasteiger partial charge in [0.1, 0.15) is 11.5 Å². The Morgan fingerprint density at radius 2 is 1.97 bits per heavy atom. The zero-order valence-electron chi connectivity index (χ0n) is 17.0. The van der Waals surface area contributed by atoms with E-state index in [2.05, 4.69) is 31.8 Å². The fourth-order valence-corrected chi connectivity index (χ4v) is 4.63. The average Bonchev–Trinajstić information content (AvgIpc) is 3.18. The summed E-state index contributed by atoms with van der Waals surface area (Å²) in [5, 5.41) is 19.7. The zero-order valence-corrected chi connectivity index (χ0v) is 17.0. The van der Waals surface area contributed by atoms with Crippen molar-refractivity contribution >= 4 is 16.8 Å². The largest absolute Gasteiger partial charge is 0.366 e. The van der Waals surface area contributed by atoms with Crippen LogP contribution in [0.2, 0.25) is 0 Å². The molecule has 31 heavy (non-hydrogen) atoms. The molecule has 4 aromatic rings. The van der Waals surface area contributed by atoms with E-state index in [1.54, 1.807) is 0 Å². The van der Waals surface area contributed by atoms with Gasteiger partial charge in [-0.05, 0) is 68.0 Å². The molecular formula is C23H23N7O. The predicted octanol–water partition coefficient (Wildman–Crippen LogP) is 3.42. The minimum Gasteiger partial charge on any atom is -0.366 e. The third-order valence-electron chi connectivity index (χ3n) is 6.33. The Morgan fingerprint density at radius 3 is 2.74 bits per heavy atom. The first-order chi connectivity index (χ1) is 15.2. The van der Waals surface area contributed by atoms with E-state index in [4.69, 9.17) is 10.7 Å². The van der Waals surface area contributed by atoms with Gasteiger partial charge < -0.3 is 11.1 Å². The van der Waals surface area contributed by atoms with E-state index in [9.17, 15) is 4.79 Å². The smallest absolute Gasteiger partial charge is 0.249 e. The van der Waals surface area contributed by atoms with Crippen molar-refractivity contribution in [2.75, 3.05) is 6.54 Å². The van der Waals surface area contributed by atoms with Gasteiger partial charge >= 0.3 is 0 Å². The van der Waals surface area contributed by atoms with Crippen molar-refractivity contribution in [3.8, 4) is 22.6 Å². The molecule has 1 amide bonds. The number of aromatic amines is 2. The maximum absolute atomic E-state index is 12.1. The molecule has 2 aromatic heterocycles. The standard InChI is InChI=1S/C23H23N7O/c24-21(31)15-4-1-3-14(19(15)12-6-7-12)20-16-11-13(8-9-17(16)27-28-20)22-26-23(30-29-22)18-5-2-10-25-18/h1,3-4,8-9,11-12,18,25H,2,5-7,10H2,(H2,24,31)(H,27,28)(H,26,29,30). The van der Waals surface area contributed by atoms with E-state index in [0.717, 1.165) is 71.3 Å². The molecule has 0 spiro atoms. The first kappa shape index (κ1) is 18.3. The fourth-order valence-electron chi connectivity index (χ4n) is 4.63. The number of nitrogens with one attached hydrogen (secondary N) is 3. The number of aromatic nitrogens is 5. The Morgan fingerprint density at radius 1 is 1.06 bits per heavy atom. The van der Waals surface area contributed by atoms with Crippen LogP contribution in [-0.4, -0.2) is 37.8 Å². The summed E-state index contributed by atoms with van der Waals surface area (Å²) in [4.78, 5) is 16.8. The van der Waals surface area contributed by atoms with Crippen molar-refractivity contribution in [2.45, 2.75) is 37.6 Å². The molecule has 2 aliphatic rings. The lowest BCUT2D eigenvalue weighted by atomic mass is 9.93. The third-order valence-corrected chi connectivity index (χ3v) is 6.33. The van der Waals surface area contributed by atoms with Gasteiger partial charge in [0.2, 0.25) is 5.91 Å². The summed E-state index contributed by atoms with van der Waals surface area (Å²) in [5.41, 5.74) is 10.9. The summed E-state index contributed by atoms with van der Waals surface area (Å²) in [6, 6.07) is 12.0. The lowest BCUT2D eigenvalue weighted by Crippen LogP contribution is -2.14. The third kappa shape index (κ3) is 3.11. The highest BCUT2D eigenvalue weighted by atomic mass is 16.1. The molecule has 8 heteroatoms. The SMILES string of the molecule is NC(=O)c1cccc(-c2n[nH]c3ccc(-c4n[nH]c(C5CCCN5)n4)cc23)c1C1CC1. The van der Waals surface area contributed by atoms with Crippen LogP contribution < -0.4 is 11.1 Å². The van der Waals surface area contributed by atoms with Gasteiger partial charge in [0, 0.05) is 22.1 Å². The van der Waals surface area contributed by atoms with Crippen LogP contribution in [-0.2, 0) is 0 Å². The number of hydrogen-bond donors (Lipinski definition) is 4. The van der Waals surface area contributed by atoms with Crippen LogP contribution in [0.1, 0.15) is 59.4 Å². The highest BCUT2D eigenvalue weighted by molar-refractivity contribution is 6.00. The quantitative estimate of drug-likeness (QED) is 0.399. The van der Waals surface area contributed by atoms with Crippen LogP contribution in [0.4, 0.5) is 0 Å². The van der Waals surface area contributed by atoms with Crippen molar-refractivity contribution in [1.29, 1.82) is 0 Å². The van der Waals surface area contributed by atoms with E-state index in [0.29, 0.717) is 17.3 Å². The molecule has 1 aliphatic carbocycles. The lowest BCUT2D eigenvalue weighted by Gasteiger charge is -2.11. The number of nitrogens with two attached hydrogens (primary N) is 1. The molecule has 2 fully saturated rings. The molecule has 6 rings (SSSR count). The topological polar surface area (TPSA) is 125 Å². The van der Waals surface area contributed by atoms with Crippen LogP contribution in [0.15, 0.2) is 36.4 Å². The van der Waals surface area contributed by atoms with Gasteiger partial charge in [0.15, 0.2) is 5.82 Å². The Balaban J connectivity index is 1.45. The fraction of sp³-hybridized carbons (Fsp3) is 0.304. The molecule has 1 saturated heterocycles. The Kier molecular flexibility index (Phi) is 4.14. The summed E-state index contributed by atoms with van der Waals surface area (Å²) in [6.45, 7) is 1.01. The number of fused-ring (bicyclic) bond motifs is 1. The van der Waals surface area contributed by atoms with Gasteiger partial charge in [-0.1, -0.05) is 12.1 Å². The van der Waals surface area contributed by atoms with E-state index in [1.165, 1.54) is 0 Å². The van der Waals surface area contributed by atoms with Crippen LogP contribution >= 0.6 is 0 Å². The molecule has 0 radical (unpaired) electrons. The summed E-state index contributed by atoms with van der Waals surface area (Å²) >= 11 is 0. The minimum absolute atomic E-state index is 0.243. The van der Waals surface area contributed by atoms with Gasteiger partial charge in [-0.3, -0.25) is 15.0 Å². The van der Waals surface area contributed by atoms with Gasteiger partial charge in [-0.2, -0.15) is 10.2 Å². The Labute approximate surface area is 178 Å². The summed E-state index contributed by atoms with van der Waals surface area (Å²) < 4.78 is 0. The number of carbonyl (C=O) groups is 1. The minimum atomic E-state index is -0.391. The number of benzene rings is 2. The van der Waals surface area contributed by atoms with Gasteiger partial charge in [-0.25, -0.2) is 4.98 Å². The molecule has 1 atom stereocenters. The average molecular weight is 413 g/mol. The second-order valence-electron chi connectivity index (χ2n) is 8.43. The van der Waals surface area contributed by atoms with Crippen molar-refractivity contribution in [3.63, 3.8) is 0 Å². The number of amides is 1. The van der Waals surface area contributed by atoms with E-state index in [1.807, 2.05) is 30.3 Å². The molecule has 2 aromatic carbocycles. The molecule has 0 bridgehead atoms. The number of nitrogens with zero attached hydrogens (tertiary/aromatic N) is 3. The predicted molar refractivity (Wildman–Crippen MR) is 117 cm³/mol. The van der Waals surface area contributed by atoms with E-state index < -0.39 is 5.91 Å². The van der Waals surface area contributed by atoms with Crippen LogP contribution in [0, 0.1) is 0 Å². The summed E-state index contributed by atoms with van der Waals surface area (Å²) in [5.74, 6) is 1.53. The normalized spacial score (nSPS) is 18.6. The van der Waals surface area contributed by atoms with Gasteiger partial charge in [-0.15, -0.1) is 0 Å². The van der Waals surface area contributed by atoms with E-state index in [-0.39, 0.29) is 6.04 Å². The lowest BCUT2D eigenvalue weighted by molar-refractivity contribution is 0.0999. The molecule has 8 nitrogen and oxygen atoms in total. The first-order valence-corrected chi connectivity index (χ1v) is 10.8. The molecule has 5 N–H and O–H groups in total. The van der Waals surface area contributed by atoms with Crippen molar-refractivity contribution in [1.82, 2.24) is 30.7 Å². The molecule has 3 heterocycles. The maximum Gasteiger partial charge on any atom is 0.249 e. The van der Waals surface area contributed by atoms with Crippen molar-refractivity contribution in [2.24, 2.45) is 5.73 Å². The number of hydrogen-bond acceptors (Lipinski definition) is 5. The van der Waals surface area contributed by atoms with Crippen LogP contribution in [0.3, 0.4) is 0 Å². The highest BCUT2D eigenvalue weighted by Crippen LogP contribution is 2.46. The monoisotopic (exact) mass is 413 g/mol. The van der Waals surface area contributed by atoms with Crippen LogP contribution in [0.5, 0.6) is 0 Å². The van der Waals surface area contributed by atoms with Crippen molar-refractivity contribution < 1.29 is 4.79 Å². The van der Waals surface area contributed by atoms with E-state index >= 15 is 0 Å². The number of rotatable bonds is 5. The first-order valence-electron chi connectivity index (χ1n) is 10.8. The summed E-state index contributed by atoms with van der Waals surface area (Å²) in [6.07, 6.45) is 4.36. The number of H-pyrrole nitrogens is 2. The Hall–Kier alpha value is -3.52. The highest BCUT2D eigenvalue weighted by Gasteiger charge is 2.31. The summed E-state index contributed by atoms with van der Waals surface area (Å²) in [7, 11) is 0. The molecular weight excluding hydrogens is 390 g/mol. The molecule has 1 unspecified atom stereocenters.